The van der Waals surface area contributed by atoms with E-state index in [9.17, 15) is 14.4 Å². The first-order chi connectivity index (χ1) is 13.0. The minimum absolute atomic E-state index is 0.180. The van der Waals surface area contributed by atoms with E-state index in [1.165, 1.54) is 18.3 Å². The Morgan fingerprint density at radius 1 is 1.04 bits per heavy atom. The molecule has 0 spiro atoms. The van der Waals surface area contributed by atoms with E-state index < -0.39 is 24.4 Å². The number of hydrazone groups is 1. The largest absolute Gasteiger partial charge is 0.483 e. The molecule has 140 valence electrons. The van der Waals surface area contributed by atoms with Crippen molar-refractivity contribution in [3.8, 4) is 11.5 Å². The minimum Gasteiger partial charge on any atom is -0.483 e. The summed E-state index contributed by atoms with van der Waals surface area (Å²) in [5.41, 5.74) is 8.36. The summed E-state index contributed by atoms with van der Waals surface area (Å²) in [7, 11) is 0. The molecule has 0 radical (unpaired) electrons. The molecule has 0 aliphatic rings. The second-order valence-electron chi connectivity index (χ2n) is 5.19. The van der Waals surface area contributed by atoms with Crippen molar-refractivity contribution in [2.24, 2.45) is 10.8 Å². The van der Waals surface area contributed by atoms with Crippen molar-refractivity contribution in [1.29, 1.82) is 0 Å². The van der Waals surface area contributed by atoms with E-state index in [1.54, 1.807) is 36.4 Å². The van der Waals surface area contributed by atoms with Gasteiger partial charge in [0, 0.05) is 0 Å². The van der Waals surface area contributed by atoms with Crippen molar-refractivity contribution in [2.75, 3.05) is 13.2 Å². The van der Waals surface area contributed by atoms with Crippen LogP contribution >= 0.6 is 0 Å². The van der Waals surface area contributed by atoms with Crippen LogP contribution in [0.3, 0.4) is 0 Å². The summed E-state index contributed by atoms with van der Waals surface area (Å²) in [5, 5.41) is 12.3. The lowest BCUT2D eigenvalue weighted by Crippen LogP contribution is -2.25. The molecule has 2 rings (SSSR count). The van der Waals surface area contributed by atoms with Crippen molar-refractivity contribution in [3.63, 3.8) is 0 Å². The van der Waals surface area contributed by atoms with Gasteiger partial charge in [0.1, 0.15) is 11.5 Å². The Bertz CT molecular complexity index is 848. The van der Waals surface area contributed by atoms with E-state index in [0.717, 1.165) is 0 Å². The van der Waals surface area contributed by atoms with Gasteiger partial charge in [-0.25, -0.2) is 10.2 Å². The number of hydrogen-bond donors (Lipinski definition) is 3. The van der Waals surface area contributed by atoms with Crippen LogP contribution < -0.4 is 20.6 Å². The van der Waals surface area contributed by atoms with Crippen LogP contribution in [0.1, 0.15) is 15.9 Å². The number of carbonyl (C=O) groups is 3. The maximum absolute atomic E-state index is 11.7. The second-order valence-corrected chi connectivity index (χ2v) is 5.19. The van der Waals surface area contributed by atoms with Gasteiger partial charge in [-0.15, -0.1) is 0 Å². The van der Waals surface area contributed by atoms with Crippen LogP contribution in [-0.2, 0) is 9.59 Å². The van der Waals surface area contributed by atoms with Gasteiger partial charge in [-0.3, -0.25) is 9.59 Å². The lowest BCUT2D eigenvalue weighted by atomic mass is 10.2. The highest BCUT2D eigenvalue weighted by Crippen LogP contribution is 2.16. The number of ether oxygens (including phenoxy) is 2. The Hall–Kier alpha value is -3.88. The first-order valence-corrected chi connectivity index (χ1v) is 7.74. The Morgan fingerprint density at radius 2 is 1.74 bits per heavy atom. The number of nitrogens with zero attached hydrogens (tertiary/aromatic N) is 1. The predicted molar refractivity (Wildman–Crippen MR) is 95.8 cm³/mol. The topological polar surface area (TPSA) is 140 Å². The standard InChI is InChI=1S/C18H17N3O6/c19-18(25)14-3-1-2-4-15(14)27-10-16(22)21-20-9-12-5-7-13(8-6-12)26-11-17(23)24/h1-9H,10-11H2,(H2,19,25)(H,21,22)(H,23,24)/b20-9-. The molecule has 4 N–H and O–H groups in total. The molecule has 0 aliphatic carbocycles. The zero-order valence-corrected chi connectivity index (χ0v) is 14.1. The maximum atomic E-state index is 11.7. The molecule has 2 aromatic rings. The van der Waals surface area contributed by atoms with Crippen LogP contribution in [0.25, 0.3) is 0 Å². The first kappa shape index (κ1) is 19.4. The van der Waals surface area contributed by atoms with Crippen LogP contribution in [-0.4, -0.2) is 42.3 Å². The fraction of sp³-hybridized carbons (Fsp3) is 0.111. The molecular weight excluding hydrogens is 354 g/mol. The van der Waals surface area contributed by atoms with Gasteiger partial charge in [-0.1, -0.05) is 12.1 Å². The van der Waals surface area contributed by atoms with E-state index in [-0.39, 0.29) is 17.9 Å². The molecule has 0 bridgehead atoms. The molecule has 0 aromatic heterocycles. The van der Waals surface area contributed by atoms with Gasteiger partial charge in [0.15, 0.2) is 13.2 Å². The second kappa shape index (κ2) is 9.56. The van der Waals surface area contributed by atoms with Gasteiger partial charge in [-0.05, 0) is 42.0 Å². The van der Waals surface area contributed by atoms with Crippen LogP contribution in [0.2, 0.25) is 0 Å². The zero-order valence-electron chi connectivity index (χ0n) is 14.1. The number of nitrogens with one attached hydrogen (secondary N) is 1. The lowest BCUT2D eigenvalue weighted by molar-refractivity contribution is -0.139. The van der Waals surface area contributed by atoms with Crippen LogP contribution in [0.5, 0.6) is 11.5 Å². The quantitative estimate of drug-likeness (QED) is 0.439. The summed E-state index contributed by atoms with van der Waals surface area (Å²) in [6.45, 7) is -0.772. The van der Waals surface area contributed by atoms with Crippen molar-refractivity contribution in [2.45, 2.75) is 0 Å². The molecule has 2 amide bonds. The number of hydrogen-bond acceptors (Lipinski definition) is 6. The molecule has 0 atom stereocenters. The van der Waals surface area contributed by atoms with Crippen molar-refractivity contribution in [1.82, 2.24) is 5.43 Å². The highest BCUT2D eigenvalue weighted by Gasteiger charge is 2.09. The molecule has 27 heavy (non-hydrogen) atoms. The van der Waals surface area contributed by atoms with Gasteiger partial charge < -0.3 is 20.3 Å². The van der Waals surface area contributed by atoms with Crippen molar-refractivity contribution >= 4 is 24.0 Å². The molecule has 0 aliphatic heterocycles. The number of carboxylic acid groups (broad SMARTS) is 1. The summed E-state index contributed by atoms with van der Waals surface area (Å²) >= 11 is 0. The average Bonchev–Trinajstić information content (AvgIpc) is 2.66. The highest BCUT2D eigenvalue weighted by molar-refractivity contribution is 5.95. The Balaban J connectivity index is 1.81. The molecule has 2 aromatic carbocycles. The summed E-state index contributed by atoms with van der Waals surface area (Å²) in [6, 6.07) is 12.8. The highest BCUT2D eigenvalue weighted by atomic mass is 16.5. The third-order valence-electron chi connectivity index (χ3n) is 3.16. The SMILES string of the molecule is NC(=O)c1ccccc1OCC(=O)N/N=C\c1ccc(OCC(=O)O)cc1. The van der Waals surface area contributed by atoms with Gasteiger partial charge in [0.2, 0.25) is 0 Å². The number of nitrogens with two attached hydrogens (primary N) is 1. The Labute approximate surface area is 154 Å². The summed E-state index contributed by atoms with van der Waals surface area (Å²) in [4.78, 5) is 33.4. The predicted octanol–water partition coefficient (Wildman–Crippen LogP) is 0.778. The van der Waals surface area contributed by atoms with Crippen LogP contribution in [0.4, 0.5) is 0 Å². The van der Waals surface area contributed by atoms with E-state index in [4.69, 9.17) is 20.3 Å². The molecule has 0 saturated heterocycles. The number of aliphatic carboxylic acids is 1. The molecule has 0 fully saturated rings. The number of para-hydroxylation sites is 1. The lowest BCUT2D eigenvalue weighted by Gasteiger charge is -2.08. The molecule has 0 saturated carbocycles. The third-order valence-corrected chi connectivity index (χ3v) is 3.16. The number of primary amides is 1. The first-order valence-electron chi connectivity index (χ1n) is 7.74. The molecule has 0 heterocycles. The zero-order chi connectivity index (χ0) is 19.6. The fourth-order valence-corrected chi connectivity index (χ4v) is 1.95. The Kier molecular flexibility index (Phi) is 6.89. The smallest absolute Gasteiger partial charge is 0.341 e. The van der Waals surface area contributed by atoms with Crippen LogP contribution in [0, 0.1) is 0 Å². The number of amides is 2. The molecule has 0 unspecified atom stereocenters. The normalized spacial score (nSPS) is 10.4. The Morgan fingerprint density at radius 3 is 2.41 bits per heavy atom. The molecule has 9 nitrogen and oxygen atoms in total. The monoisotopic (exact) mass is 371 g/mol. The van der Waals surface area contributed by atoms with Crippen molar-refractivity contribution in [3.05, 3.63) is 59.7 Å². The summed E-state index contributed by atoms with van der Waals surface area (Å²) in [5.74, 6) is -1.63. The number of carboxylic acids is 1. The van der Waals surface area contributed by atoms with E-state index >= 15 is 0 Å². The van der Waals surface area contributed by atoms with E-state index in [1.807, 2.05) is 0 Å². The average molecular weight is 371 g/mol. The van der Waals surface area contributed by atoms with Gasteiger partial charge in [-0.2, -0.15) is 5.10 Å². The number of rotatable bonds is 9. The molecular formula is C18H17N3O6. The number of carbonyl (C=O) groups excluding carboxylic acids is 2. The van der Waals surface area contributed by atoms with Crippen LogP contribution in [0.15, 0.2) is 53.6 Å². The van der Waals surface area contributed by atoms with Gasteiger partial charge in [0.25, 0.3) is 11.8 Å². The van der Waals surface area contributed by atoms with E-state index in [0.29, 0.717) is 11.3 Å². The maximum Gasteiger partial charge on any atom is 0.341 e. The summed E-state index contributed by atoms with van der Waals surface area (Å²) < 4.78 is 10.3. The van der Waals surface area contributed by atoms with E-state index in [2.05, 4.69) is 10.5 Å². The third kappa shape index (κ3) is 6.50. The summed E-state index contributed by atoms with van der Waals surface area (Å²) in [6.07, 6.45) is 1.40. The minimum atomic E-state index is -1.07. The van der Waals surface area contributed by atoms with Gasteiger partial charge >= 0.3 is 5.97 Å². The molecule has 9 heteroatoms. The number of benzene rings is 2. The van der Waals surface area contributed by atoms with Gasteiger partial charge in [0.05, 0.1) is 11.8 Å². The van der Waals surface area contributed by atoms with Crippen molar-refractivity contribution < 1.29 is 29.0 Å². The fourth-order valence-electron chi connectivity index (χ4n) is 1.95.